The summed E-state index contributed by atoms with van der Waals surface area (Å²) in [5.41, 5.74) is 0. The van der Waals surface area contributed by atoms with Crippen LogP contribution in [0.1, 0.15) is 25.1 Å². The van der Waals surface area contributed by atoms with Gasteiger partial charge in [0.05, 0.1) is 7.11 Å². The molecule has 3 N–H and O–H groups in total. The molecule has 1 aromatic rings. The Kier molecular flexibility index (Phi) is 7.10. The summed E-state index contributed by atoms with van der Waals surface area (Å²) in [7, 11) is 1.30. The molecule has 0 saturated carbocycles. The quantitative estimate of drug-likeness (QED) is 0.650. The number of nitrogens with zero attached hydrogens (tertiary/aromatic N) is 2. The summed E-state index contributed by atoms with van der Waals surface area (Å²) in [5.74, 6) is 0.613. The molecule has 9 heteroatoms. The van der Waals surface area contributed by atoms with E-state index in [-0.39, 0.29) is 30.7 Å². The van der Waals surface area contributed by atoms with Crippen molar-refractivity contribution in [2.24, 2.45) is 5.92 Å². The molecule has 2 rings (SSSR count). The predicted octanol–water partition coefficient (Wildman–Crippen LogP) is 0.270. The summed E-state index contributed by atoms with van der Waals surface area (Å²) < 4.78 is 4.52. The predicted molar refractivity (Wildman–Crippen MR) is 78.2 cm³/mol. The second-order valence-corrected chi connectivity index (χ2v) is 4.80. The van der Waals surface area contributed by atoms with Gasteiger partial charge in [-0.1, -0.05) is 0 Å². The third-order valence-corrected chi connectivity index (χ3v) is 3.26. The van der Waals surface area contributed by atoms with Crippen LogP contribution >= 0.6 is 12.4 Å². The first-order valence-electron chi connectivity index (χ1n) is 6.66. The Hall–Kier alpha value is -1.67. The molecule has 118 valence electrons. The fourth-order valence-electron chi connectivity index (χ4n) is 2.12. The average molecular weight is 318 g/mol. The summed E-state index contributed by atoms with van der Waals surface area (Å²) in [6.07, 6.45) is 2.44. The van der Waals surface area contributed by atoms with E-state index < -0.39 is 5.97 Å². The van der Waals surface area contributed by atoms with Gasteiger partial charge >= 0.3 is 5.97 Å². The number of aromatic nitrogens is 3. The number of anilines is 1. The van der Waals surface area contributed by atoms with Crippen LogP contribution in [0.2, 0.25) is 0 Å². The molecular weight excluding hydrogens is 298 g/mol. The Morgan fingerprint density at radius 2 is 2.29 bits per heavy atom. The van der Waals surface area contributed by atoms with Crippen LogP contribution in [0.4, 0.5) is 5.95 Å². The molecule has 1 saturated heterocycles. The Bertz CT molecular complexity index is 473. The molecule has 1 atom stereocenters. The molecule has 0 spiro atoms. The van der Waals surface area contributed by atoms with Crippen molar-refractivity contribution in [3.05, 3.63) is 5.82 Å². The van der Waals surface area contributed by atoms with Crippen LogP contribution in [0, 0.1) is 5.92 Å². The van der Waals surface area contributed by atoms with E-state index in [0.29, 0.717) is 18.2 Å². The molecule has 2 heterocycles. The van der Waals surface area contributed by atoms with E-state index in [0.717, 1.165) is 25.9 Å². The molecule has 1 aliphatic rings. The number of ether oxygens (including phenoxy) is 1. The first kappa shape index (κ1) is 17.4. The van der Waals surface area contributed by atoms with E-state index in [1.807, 2.05) is 0 Å². The number of carbonyl (C=O) groups is 2. The number of esters is 1. The van der Waals surface area contributed by atoms with Gasteiger partial charge in [0.25, 0.3) is 0 Å². The molecule has 0 aliphatic carbocycles. The summed E-state index contributed by atoms with van der Waals surface area (Å²) in [5, 5.41) is 12.3. The van der Waals surface area contributed by atoms with E-state index in [9.17, 15) is 9.59 Å². The highest BCUT2D eigenvalue weighted by atomic mass is 35.5. The number of aromatic amines is 1. The van der Waals surface area contributed by atoms with Crippen molar-refractivity contribution < 1.29 is 14.3 Å². The first-order chi connectivity index (χ1) is 9.67. The van der Waals surface area contributed by atoms with Crippen LogP contribution in [-0.2, 0) is 20.7 Å². The zero-order chi connectivity index (χ0) is 14.4. The maximum Gasteiger partial charge on any atom is 0.313 e. The fourth-order valence-corrected chi connectivity index (χ4v) is 2.12. The summed E-state index contributed by atoms with van der Waals surface area (Å²) >= 11 is 0. The molecule has 1 fully saturated rings. The normalized spacial score (nSPS) is 17.1. The summed E-state index contributed by atoms with van der Waals surface area (Å²) in [6.45, 7) is 2.02. The fraction of sp³-hybridized carbons (Fsp3) is 0.667. The zero-order valence-corrected chi connectivity index (χ0v) is 12.7. The van der Waals surface area contributed by atoms with Crippen molar-refractivity contribution in [1.82, 2.24) is 20.5 Å². The largest absolute Gasteiger partial charge is 0.469 e. The van der Waals surface area contributed by atoms with Gasteiger partial charge in [0.1, 0.15) is 12.2 Å². The van der Waals surface area contributed by atoms with E-state index in [4.69, 9.17) is 0 Å². The number of carbonyl (C=O) groups excluding carboxylic acids is 2. The third-order valence-electron chi connectivity index (χ3n) is 3.26. The van der Waals surface area contributed by atoms with Crippen molar-refractivity contribution in [2.75, 3.05) is 25.5 Å². The molecule has 21 heavy (non-hydrogen) atoms. The molecule has 0 bridgehead atoms. The van der Waals surface area contributed by atoms with E-state index in [1.54, 1.807) is 0 Å². The molecule has 8 nitrogen and oxygen atoms in total. The maximum atomic E-state index is 11.7. The smallest absolute Gasteiger partial charge is 0.313 e. The zero-order valence-electron chi connectivity index (χ0n) is 11.8. The van der Waals surface area contributed by atoms with Gasteiger partial charge in [0, 0.05) is 6.42 Å². The molecule has 1 amide bonds. The average Bonchev–Trinajstić information content (AvgIpc) is 3.08. The SMILES string of the molecule is COC(=O)Cc1nc(NC(=O)CCC2CCNC2)n[nH]1.Cl. The summed E-state index contributed by atoms with van der Waals surface area (Å²) in [6, 6.07) is 0. The lowest BCUT2D eigenvalue weighted by molar-refractivity contribution is -0.139. The lowest BCUT2D eigenvalue weighted by Gasteiger charge is -2.06. The highest BCUT2D eigenvalue weighted by Gasteiger charge is 2.16. The third kappa shape index (κ3) is 5.68. The number of methoxy groups -OCH3 is 1. The van der Waals surface area contributed by atoms with E-state index in [2.05, 4.69) is 30.6 Å². The number of amides is 1. The molecule has 1 aromatic heterocycles. The lowest BCUT2D eigenvalue weighted by atomic mass is 10.0. The van der Waals surface area contributed by atoms with Gasteiger partial charge in [-0.15, -0.1) is 17.5 Å². The standard InChI is InChI=1S/C12H19N5O3.ClH/c1-20-11(19)6-9-14-12(17-16-9)15-10(18)3-2-8-4-5-13-7-8;/h8,13H,2-7H2,1H3,(H2,14,15,16,17,18);1H. The van der Waals surface area contributed by atoms with Crippen molar-refractivity contribution >= 4 is 30.2 Å². The van der Waals surface area contributed by atoms with Gasteiger partial charge in [-0.3, -0.25) is 20.0 Å². The second kappa shape index (κ2) is 8.58. The number of hydrogen-bond acceptors (Lipinski definition) is 6. The molecular formula is C12H20ClN5O3. The van der Waals surface area contributed by atoms with Crippen LogP contribution < -0.4 is 10.6 Å². The van der Waals surface area contributed by atoms with Crippen LogP contribution in [0.5, 0.6) is 0 Å². The Morgan fingerprint density at radius 3 is 2.95 bits per heavy atom. The van der Waals surface area contributed by atoms with Crippen molar-refractivity contribution in [1.29, 1.82) is 0 Å². The van der Waals surface area contributed by atoms with Crippen molar-refractivity contribution in [3.63, 3.8) is 0 Å². The minimum absolute atomic E-state index is 0. The van der Waals surface area contributed by atoms with Gasteiger partial charge in [-0.25, -0.2) is 0 Å². The van der Waals surface area contributed by atoms with Crippen LogP contribution in [-0.4, -0.2) is 47.3 Å². The first-order valence-corrected chi connectivity index (χ1v) is 6.66. The number of rotatable bonds is 6. The lowest BCUT2D eigenvalue weighted by Crippen LogP contribution is -2.15. The highest BCUT2D eigenvalue weighted by molar-refractivity contribution is 5.88. The molecule has 1 unspecified atom stereocenters. The maximum absolute atomic E-state index is 11.7. The minimum atomic E-state index is -0.409. The molecule has 0 aromatic carbocycles. The Morgan fingerprint density at radius 1 is 1.48 bits per heavy atom. The molecule has 0 radical (unpaired) electrons. The van der Waals surface area contributed by atoms with Gasteiger partial charge in [0.15, 0.2) is 0 Å². The number of H-pyrrole nitrogens is 1. The number of nitrogens with one attached hydrogen (secondary N) is 3. The van der Waals surface area contributed by atoms with Crippen LogP contribution in [0.25, 0.3) is 0 Å². The minimum Gasteiger partial charge on any atom is -0.469 e. The summed E-state index contributed by atoms with van der Waals surface area (Å²) in [4.78, 5) is 26.8. The monoisotopic (exact) mass is 317 g/mol. The highest BCUT2D eigenvalue weighted by Crippen LogP contribution is 2.14. The number of hydrogen-bond donors (Lipinski definition) is 3. The van der Waals surface area contributed by atoms with Gasteiger partial charge in [-0.05, 0) is 31.8 Å². The van der Waals surface area contributed by atoms with Gasteiger partial charge in [-0.2, -0.15) is 4.98 Å². The Balaban J connectivity index is 0.00000220. The molecule has 1 aliphatic heterocycles. The number of halogens is 1. The van der Waals surface area contributed by atoms with Crippen molar-refractivity contribution in [2.45, 2.75) is 25.7 Å². The topological polar surface area (TPSA) is 109 Å². The van der Waals surface area contributed by atoms with Crippen LogP contribution in [0.15, 0.2) is 0 Å². The second-order valence-electron chi connectivity index (χ2n) is 4.80. The van der Waals surface area contributed by atoms with E-state index in [1.165, 1.54) is 7.11 Å². The Labute approximate surface area is 128 Å². The van der Waals surface area contributed by atoms with Crippen LogP contribution in [0.3, 0.4) is 0 Å². The van der Waals surface area contributed by atoms with Gasteiger partial charge < -0.3 is 10.1 Å². The van der Waals surface area contributed by atoms with Crippen molar-refractivity contribution in [3.8, 4) is 0 Å². The van der Waals surface area contributed by atoms with Gasteiger partial charge in [0.2, 0.25) is 11.9 Å². The van der Waals surface area contributed by atoms with E-state index >= 15 is 0 Å².